The first-order valence-corrected chi connectivity index (χ1v) is 6.92. The molecule has 0 spiro atoms. The highest BCUT2D eigenvalue weighted by Gasteiger charge is 2.12. The molecule has 15 heavy (non-hydrogen) atoms. The third-order valence-electron chi connectivity index (χ3n) is 2.35. The maximum absolute atomic E-state index is 3.63. The van der Waals surface area contributed by atoms with E-state index in [0.717, 1.165) is 11.9 Å². The van der Waals surface area contributed by atoms with Gasteiger partial charge >= 0.3 is 0 Å². The van der Waals surface area contributed by atoms with Crippen molar-refractivity contribution in [2.45, 2.75) is 11.4 Å². The molecular weight excluding hydrogens is 318 g/mol. The second kappa shape index (κ2) is 5.08. The predicted molar refractivity (Wildman–Crippen MR) is 70.7 cm³/mol. The van der Waals surface area contributed by atoms with Gasteiger partial charge in [0.2, 0.25) is 5.52 Å². The summed E-state index contributed by atoms with van der Waals surface area (Å²) in [7, 11) is 0. The molecule has 1 heterocycles. The van der Waals surface area contributed by atoms with Crippen molar-refractivity contribution < 1.29 is 4.57 Å². The number of hydrogen-bond donors (Lipinski definition) is 0. The third-order valence-corrected chi connectivity index (χ3v) is 4.61. The lowest BCUT2D eigenvalue weighted by Gasteiger charge is -2.04. The summed E-state index contributed by atoms with van der Waals surface area (Å²) in [6, 6.07) is 12.7. The van der Waals surface area contributed by atoms with Crippen LogP contribution in [0.2, 0.25) is 0 Å². The molecule has 1 nitrogen and oxygen atoms in total. The number of alkyl halides is 2. The molecule has 1 aromatic heterocycles. The summed E-state index contributed by atoms with van der Waals surface area (Å²) in [6.07, 6.45) is 2.12. The molecule has 0 aliphatic heterocycles. The quantitative estimate of drug-likeness (QED) is 0.601. The Morgan fingerprint density at radius 3 is 2.67 bits per heavy atom. The van der Waals surface area contributed by atoms with Gasteiger partial charge in [-0.2, -0.15) is 4.57 Å². The van der Waals surface area contributed by atoms with E-state index >= 15 is 0 Å². The highest BCUT2D eigenvalue weighted by molar-refractivity contribution is 9.12. The van der Waals surface area contributed by atoms with Crippen molar-refractivity contribution in [2.24, 2.45) is 0 Å². The molecule has 0 amide bonds. The van der Waals surface area contributed by atoms with Gasteiger partial charge in [0.05, 0.1) is 4.83 Å². The van der Waals surface area contributed by atoms with E-state index in [1.54, 1.807) is 0 Å². The molecule has 0 aliphatic rings. The number of rotatable bonds is 3. The second-order valence-electron chi connectivity index (χ2n) is 3.47. The van der Waals surface area contributed by atoms with Gasteiger partial charge in [0.25, 0.3) is 0 Å². The zero-order valence-corrected chi connectivity index (χ0v) is 11.4. The Hall–Kier alpha value is -0.410. The Balaban J connectivity index is 2.42. The molecule has 0 saturated carbocycles. The van der Waals surface area contributed by atoms with Crippen molar-refractivity contribution in [2.75, 3.05) is 5.33 Å². The Morgan fingerprint density at radius 1 is 1.13 bits per heavy atom. The first kappa shape index (κ1) is 11.1. The molecule has 0 bridgehead atoms. The number of nitrogens with zero attached hydrogens (tertiary/aromatic N) is 1. The van der Waals surface area contributed by atoms with E-state index in [0.29, 0.717) is 4.83 Å². The Bertz CT molecular complexity index is 451. The number of para-hydroxylation sites is 1. The fraction of sp³-hybridized carbons (Fsp3) is 0.250. The third kappa shape index (κ3) is 2.58. The van der Waals surface area contributed by atoms with Crippen LogP contribution in [0.15, 0.2) is 42.6 Å². The summed E-state index contributed by atoms with van der Waals surface area (Å²) in [5.41, 5.74) is 1.28. The van der Waals surface area contributed by atoms with E-state index in [9.17, 15) is 0 Å². The van der Waals surface area contributed by atoms with Gasteiger partial charge in [0.1, 0.15) is 0 Å². The second-order valence-corrected chi connectivity index (χ2v) is 5.41. The summed E-state index contributed by atoms with van der Waals surface area (Å²) < 4.78 is 2.27. The van der Waals surface area contributed by atoms with Crippen LogP contribution >= 0.6 is 31.9 Å². The minimum Gasteiger partial charge on any atom is -0.197 e. The fourth-order valence-electron chi connectivity index (χ4n) is 1.64. The Labute approximate surface area is 106 Å². The van der Waals surface area contributed by atoms with Crippen molar-refractivity contribution in [3.63, 3.8) is 0 Å². The van der Waals surface area contributed by atoms with Crippen LogP contribution in [0.25, 0.3) is 10.9 Å². The van der Waals surface area contributed by atoms with E-state index in [1.165, 1.54) is 10.9 Å². The summed E-state index contributed by atoms with van der Waals surface area (Å²) in [4.78, 5) is 0.466. The summed E-state index contributed by atoms with van der Waals surface area (Å²) >= 11 is 7.11. The van der Waals surface area contributed by atoms with E-state index in [-0.39, 0.29) is 0 Å². The van der Waals surface area contributed by atoms with Crippen molar-refractivity contribution >= 4 is 42.8 Å². The average molecular weight is 330 g/mol. The van der Waals surface area contributed by atoms with Crippen molar-refractivity contribution in [3.05, 3.63) is 42.6 Å². The minimum atomic E-state index is 0.466. The largest absolute Gasteiger partial charge is 0.212 e. The molecule has 3 heteroatoms. The first-order valence-electron chi connectivity index (χ1n) is 4.88. The van der Waals surface area contributed by atoms with Crippen molar-refractivity contribution in [1.29, 1.82) is 0 Å². The van der Waals surface area contributed by atoms with E-state index in [1.807, 2.05) is 0 Å². The van der Waals surface area contributed by atoms with E-state index in [2.05, 4.69) is 79.0 Å². The van der Waals surface area contributed by atoms with Gasteiger partial charge in [0.15, 0.2) is 12.7 Å². The van der Waals surface area contributed by atoms with Crippen LogP contribution in [0.3, 0.4) is 0 Å². The van der Waals surface area contributed by atoms with Gasteiger partial charge in [-0.05, 0) is 12.1 Å². The van der Waals surface area contributed by atoms with Gasteiger partial charge in [-0.1, -0.05) is 44.0 Å². The first-order chi connectivity index (χ1) is 7.31. The Kier molecular flexibility index (Phi) is 3.76. The molecule has 0 radical (unpaired) electrons. The monoisotopic (exact) mass is 328 g/mol. The molecule has 1 aromatic carbocycles. The van der Waals surface area contributed by atoms with Crippen LogP contribution in [0.5, 0.6) is 0 Å². The number of pyridine rings is 1. The van der Waals surface area contributed by atoms with Crippen molar-refractivity contribution in [1.82, 2.24) is 0 Å². The highest BCUT2D eigenvalue weighted by atomic mass is 79.9. The van der Waals surface area contributed by atoms with Gasteiger partial charge in [-0.3, -0.25) is 0 Å². The van der Waals surface area contributed by atoms with Crippen LogP contribution in [-0.2, 0) is 6.54 Å². The molecule has 78 valence electrons. The predicted octanol–water partition coefficient (Wildman–Crippen LogP) is 3.29. The fourth-order valence-corrected chi connectivity index (χ4v) is 2.16. The highest BCUT2D eigenvalue weighted by Crippen LogP contribution is 2.10. The lowest BCUT2D eigenvalue weighted by atomic mass is 10.2. The standard InChI is InChI=1S/C12H12Br2N/c13-8-11(14)9-15-7-3-5-10-4-1-2-6-12(10)15/h1-7,11H,8-9H2/q+1/t11-/m1/s1. The molecule has 0 fully saturated rings. The lowest BCUT2D eigenvalue weighted by molar-refractivity contribution is -0.669. The zero-order chi connectivity index (χ0) is 10.7. The van der Waals surface area contributed by atoms with Crippen LogP contribution in [0, 0.1) is 0 Å². The van der Waals surface area contributed by atoms with Gasteiger partial charge in [-0.25, -0.2) is 0 Å². The number of fused-ring (bicyclic) bond motifs is 1. The number of halogens is 2. The maximum Gasteiger partial charge on any atom is 0.212 e. The van der Waals surface area contributed by atoms with Crippen LogP contribution < -0.4 is 4.57 Å². The van der Waals surface area contributed by atoms with E-state index in [4.69, 9.17) is 0 Å². The number of hydrogen-bond acceptors (Lipinski definition) is 0. The van der Waals surface area contributed by atoms with Gasteiger partial charge in [0, 0.05) is 22.8 Å². The van der Waals surface area contributed by atoms with Crippen LogP contribution in [0.1, 0.15) is 0 Å². The lowest BCUT2D eigenvalue weighted by Crippen LogP contribution is -2.38. The van der Waals surface area contributed by atoms with Crippen LogP contribution in [-0.4, -0.2) is 10.2 Å². The minimum absolute atomic E-state index is 0.466. The Morgan fingerprint density at radius 2 is 1.87 bits per heavy atom. The average Bonchev–Trinajstić information content (AvgIpc) is 2.29. The SMILES string of the molecule is BrC[C@@H](Br)C[n+]1cccc2ccccc21. The van der Waals surface area contributed by atoms with E-state index < -0.39 is 0 Å². The normalized spacial score (nSPS) is 12.9. The maximum atomic E-state index is 3.63. The molecule has 0 aliphatic carbocycles. The summed E-state index contributed by atoms with van der Waals surface area (Å²) in [6.45, 7) is 0.979. The molecule has 0 unspecified atom stereocenters. The van der Waals surface area contributed by atoms with Crippen molar-refractivity contribution in [3.8, 4) is 0 Å². The molecule has 2 aromatic rings. The summed E-state index contributed by atoms with van der Waals surface area (Å²) in [5, 5.41) is 2.25. The van der Waals surface area contributed by atoms with Gasteiger partial charge < -0.3 is 0 Å². The molecule has 0 N–H and O–H groups in total. The molecule has 0 saturated heterocycles. The zero-order valence-electron chi connectivity index (χ0n) is 8.24. The number of benzene rings is 1. The topological polar surface area (TPSA) is 3.88 Å². The molecule has 2 rings (SSSR count). The molecular formula is C12H12Br2N+. The molecule has 1 atom stereocenters. The smallest absolute Gasteiger partial charge is 0.197 e. The summed E-state index contributed by atoms with van der Waals surface area (Å²) in [5.74, 6) is 0. The van der Waals surface area contributed by atoms with Gasteiger partial charge in [-0.15, -0.1) is 0 Å². The number of aromatic nitrogens is 1. The van der Waals surface area contributed by atoms with Crippen LogP contribution in [0.4, 0.5) is 0 Å².